The number of likely N-dealkylation sites (tertiary alicyclic amines) is 1. The van der Waals surface area contributed by atoms with Gasteiger partial charge >= 0.3 is 6.09 Å². The molecule has 0 aromatic heterocycles. The van der Waals surface area contributed by atoms with E-state index in [9.17, 15) is 9.90 Å². The van der Waals surface area contributed by atoms with Gasteiger partial charge in [-0.2, -0.15) is 0 Å². The number of aliphatic hydroxyl groups is 1. The normalized spacial score (nSPS) is 22.4. The number of aliphatic hydroxyl groups excluding tert-OH is 1. The minimum Gasteiger partial charge on any atom is -0.444 e. The second-order valence-electron chi connectivity index (χ2n) is 6.49. The highest BCUT2D eigenvalue weighted by molar-refractivity contribution is 6.30. The van der Waals surface area contributed by atoms with Gasteiger partial charge in [-0.25, -0.2) is 4.79 Å². The molecule has 21 heavy (non-hydrogen) atoms. The molecule has 0 saturated carbocycles. The first kappa shape index (κ1) is 16.1. The molecule has 0 bridgehead atoms. The first-order valence-corrected chi connectivity index (χ1v) is 7.52. The Morgan fingerprint density at radius 1 is 1.33 bits per heavy atom. The standard InChI is InChI=1S/C16H22ClNO3/c1-16(2,3)21-15(20)18-8-12(10-19)14(9-18)11-4-6-13(17)7-5-11/h4-7,12,14,19H,8-10H2,1-3H3/t12-,14-/m1/s1. The second-order valence-corrected chi connectivity index (χ2v) is 6.92. The number of ether oxygens (including phenoxy) is 1. The molecule has 5 heteroatoms. The summed E-state index contributed by atoms with van der Waals surface area (Å²) < 4.78 is 5.40. The Morgan fingerprint density at radius 2 is 1.95 bits per heavy atom. The lowest BCUT2D eigenvalue weighted by Gasteiger charge is -2.24. The monoisotopic (exact) mass is 311 g/mol. The molecule has 1 heterocycles. The molecule has 1 N–H and O–H groups in total. The van der Waals surface area contributed by atoms with E-state index >= 15 is 0 Å². The predicted octanol–water partition coefficient (Wildman–Crippen LogP) is 3.28. The Balaban J connectivity index is 2.10. The van der Waals surface area contributed by atoms with Crippen molar-refractivity contribution in [2.24, 2.45) is 5.92 Å². The summed E-state index contributed by atoms with van der Waals surface area (Å²) in [4.78, 5) is 13.8. The van der Waals surface area contributed by atoms with Crippen molar-refractivity contribution in [2.75, 3.05) is 19.7 Å². The van der Waals surface area contributed by atoms with Gasteiger partial charge in [0.1, 0.15) is 5.60 Å². The minimum absolute atomic E-state index is 0.0266. The van der Waals surface area contributed by atoms with Gasteiger partial charge in [0.05, 0.1) is 0 Å². The van der Waals surface area contributed by atoms with Gasteiger partial charge in [-0.3, -0.25) is 0 Å². The number of carbonyl (C=O) groups excluding carboxylic acids is 1. The van der Waals surface area contributed by atoms with Gasteiger partial charge in [0.2, 0.25) is 0 Å². The van der Waals surface area contributed by atoms with Crippen molar-refractivity contribution in [3.05, 3.63) is 34.9 Å². The molecule has 0 aliphatic carbocycles. The number of nitrogens with zero attached hydrogens (tertiary/aromatic N) is 1. The van der Waals surface area contributed by atoms with Gasteiger partial charge in [0.15, 0.2) is 0 Å². The van der Waals surface area contributed by atoms with E-state index in [4.69, 9.17) is 16.3 Å². The molecule has 1 aliphatic rings. The van der Waals surface area contributed by atoms with Crippen LogP contribution >= 0.6 is 11.6 Å². The van der Waals surface area contributed by atoms with Crippen LogP contribution in [0.25, 0.3) is 0 Å². The Bertz CT molecular complexity index is 495. The molecule has 2 rings (SSSR count). The molecule has 2 atom stereocenters. The first-order chi connectivity index (χ1) is 9.80. The van der Waals surface area contributed by atoms with Crippen molar-refractivity contribution in [1.82, 2.24) is 4.90 Å². The van der Waals surface area contributed by atoms with Crippen molar-refractivity contribution >= 4 is 17.7 Å². The van der Waals surface area contributed by atoms with Gasteiger partial charge in [0.25, 0.3) is 0 Å². The number of rotatable bonds is 2. The highest BCUT2D eigenvalue weighted by Gasteiger charge is 2.37. The summed E-state index contributed by atoms with van der Waals surface area (Å²) in [5, 5.41) is 10.3. The zero-order chi connectivity index (χ0) is 15.6. The number of hydrogen-bond acceptors (Lipinski definition) is 3. The fourth-order valence-corrected chi connectivity index (χ4v) is 2.75. The van der Waals surface area contributed by atoms with E-state index in [0.29, 0.717) is 18.1 Å². The smallest absolute Gasteiger partial charge is 0.410 e. The van der Waals surface area contributed by atoms with E-state index in [1.165, 1.54) is 0 Å². The van der Waals surface area contributed by atoms with Crippen LogP contribution in [-0.4, -0.2) is 41.4 Å². The average molecular weight is 312 g/mol. The summed E-state index contributed by atoms with van der Waals surface area (Å²) in [7, 11) is 0. The maximum absolute atomic E-state index is 12.2. The Kier molecular flexibility index (Phi) is 4.79. The molecular formula is C16H22ClNO3. The lowest BCUT2D eigenvalue weighted by molar-refractivity contribution is 0.0283. The van der Waals surface area contributed by atoms with Crippen LogP contribution in [0, 0.1) is 5.92 Å². The maximum Gasteiger partial charge on any atom is 0.410 e. The number of amides is 1. The average Bonchev–Trinajstić information content (AvgIpc) is 2.82. The summed E-state index contributed by atoms with van der Waals surface area (Å²) in [5.41, 5.74) is 0.578. The van der Waals surface area contributed by atoms with Crippen LogP contribution in [0.1, 0.15) is 32.3 Å². The summed E-state index contributed by atoms with van der Waals surface area (Å²) in [5.74, 6) is 0.137. The van der Waals surface area contributed by atoms with E-state index < -0.39 is 5.60 Å². The summed E-state index contributed by atoms with van der Waals surface area (Å²) in [6, 6.07) is 7.57. The quantitative estimate of drug-likeness (QED) is 0.912. The Labute approximate surface area is 130 Å². The van der Waals surface area contributed by atoms with Crippen molar-refractivity contribution in [1.29, 1.82) is 0 Å². The molecule has 1 saturated heterocycles. The van der Waals surface area contributed by atoms with Crippen LogP contribution in [0.15, 0.2) is 24.3 Å². The number of hydrogen-bond donors (Lipinski definition) is 1. The van der Waals surface area contributed by atoms with E-state index in [1.807, 2.05) is 45.0 Å². The fraction of sp³-hybridized carbons (Fsp3) is 0.562. The lowest BCUT2D eigenvalue weighted by atomic mass is 9.90. The molecule has 1 aromatic carbocycles. The molecule has 1 aliphatic heterocycles. The van der Waals surface area contributed by atoms with Crippen molar-refractivity contribution in [3.8, 4) is 0 Å². The van der Waals surface area contributed by atoms with E-state index in [2.05, 4.69) is 0 Å². The van der Waals surface area contributed by atoms with Crippen molar-refractivity contribution in [2.45, 2.75) is 32.3 Å². The van der Waals surface area contributed by atoms with E-state index in [-0.39, 0.29) is 24.5 Å². The largest absolute Gasteiger partial charge is 0.444 e. The number of carbonyl (C=O) groups is 1. The SMILES string of the molecule is CC(C)(C)OC(=O)N1C[C@H](CO)[C@@H](c2ccc(Cl)cc2)C1. The summed E-state index contributed by atoms with van der Waals surface area (Å²) >= 11 is 5.91. The van der Waals surface area contributed by atoms with Gasteiger partial charge in [0, 0.05) is 36.6 Å². The highest BCUT2D eigenvalue weighted by Crippen LogP contribution is 2.33. The molecule has 116 valence electrons. The zero-order valence-corrected chi connectivity index (χ0v) is 13.4. The molecule has 0 spiro atoms. The minimum atomic E-state index is -0.510. The molecule has 1 amide bonds. The van der Waals surface area contributed by atoms with Crippen molar-refractivity contribution in [3.63, 3.8) is 0 Å². The fourth-order valence-electron chi connectivity index (χ4n) is 2.62. The van der Waals surface area contributed by atoms with Crippen LogP contribution in [0.5, 0.6) is 0 Å². The number of halogens is 1. The van der Waals surface area contributed by atoms with E-state index in [1.54, 1.807) is 4.90 Å². The van der Waals surface area contributed by atoms with Crippen molar-refractivity contribution < 1.29 is 14.6 Å². The van der Waals surface area contributed by atoms with Gasteiger partial charge < -0.3 is 14.7 Å². The zero-order valence-electron chi connectivity index (χ0n) is 12.7. The summed E-state index contributed by atoms with van der Waals surface area (Å²) in [6.07, 6.45) is -0.322. The summed E-state index contributed by atoms with van der Waals surface area (Å²) in [6.45, 7) is 6.66. The van der Waals surface area contributed by atoms with Gasteiger partial charge in [-0.1, -0.05) is 23.7 Å². The van der Waals surface area contributed by atoms with Crippen LogP contribution in [0.4, 0.5) is 4.79 Å². The second kappa shape index (κ2) is 6.24. The molecule has 0 radical (unpaired) electrons. The third-order valence-electron chi connectivity index (χ3n) is 3.63. The number of benzene rings is 1. The van der Waals surface area contributed by atoms with Crippen LogP contribution in [0.2, 0.25) is 5.02 Å². The molecule has 1 fully saturated rings. The third-order valence-corrected chi connectivity index (χ3v) is 3.88. The lowest BCUT2D eigenvalue weighted by Crippen LogP contribution is -2.35. The Hall–Kier alpha value is -1.26. The van der Waals surface area contributed by atoms with Crippen LogP contribution in [-0.2, 0) is 4.74 Å². The molecular weight excluding hydrogens is 290 g/mol. The molecule has 0 unspecified atom stereocenters. The maximum atomic E-state index is 12.2. The molecule has 4 nitrogen and oxygen atoms in total. The van der Waals surface area contributed by atoms with E-state index in [0.717, 1.165) is 5.56 Å². The third kappa shape index (κ3) is 4.11. The van der Waals surface area contributed by atoms with Gasteiger partial charge in [-0.15, -0.1) is 0 Å². The first-order valence-electron chi connectivity index (χ1n) is 7.14. The Morgan fingerprint density at radius 3 is 2.48 bits per heavy atom. The molecule has 1 aromatic rings. The highest BCUT2D eigenvalue weighted by atomic mass is 35.5. The van der Waals surface area contributed by atoms with Crippen LogP contribution in [0.3, 0.4) is 0 Å². The topological polar surface area (TPSA) is 49.8 Å². The van der Waals surface area contributed by atoms with Crippen LogP contribution < -0.4 is 0 Å². The predicted molar refractivity (Wildman–Crippen MR) is 82.6 cm³/mol. The van der Waals surface area contributed by atoms with Gasteiger partial charge in [-0.05, 0) is 38.5 Å².